The van der Waals surface area contributed by atoms with Crippen LogP contribution < -0.4 is 5.73 Å². The molecule has 0 amide bonds. The number of benzene rings is 1. The van der Waals surface area contributed by atoms with Crippen molar-refractivity contribution in [1.82, 2.24) is 0 Å². The van der Waals surface area contributed by atoms with Gasteiger partial charge < -0.3 is 5.73 Å². The van der Waals surface area contributed by atoms with Crippen molar-refractivity contribution in [2.45, 2.75) is 32.1 Å². The van der Waals surface area contributed by atoms with Crippen molar-refractivity contribution in [2.24, 2.45) is 17.6 Å². The Hall–Kier alpha value is -1.08. The summed E-state index contributed by atoms with van der Waals surface area (Å²) >= 11 is 0. The van der Waals surface area contributed by atoms with Gasteiger partial charge in [0.2, 0.25) is 0 Å². The van der Waals surface area contributed by atoms with Crippen LogP contribution in [0.4, 0.5) is 0 Å². The Balaban J connectivity index is 1.92. The van der Waals surface area contributed by atoms with Crippen LogP contribution in [0.25, 0.3) is 0 Å². The quantitative estimate of drug-likeness (QED) is 0.772. The van der Waals surface area contributed by atoms with Gasteiger partial charge in [0.05, 0.1) is 0 Å². The maximum atomic E-state index is 5.64. The van der Waals surface area contributed by atoms with E-state index >= 15 is 0 Å². The normalized spacial score (nSPS) is 26.5. The summed E-state index contributed by atoms with van der Waals surface area (Å²) in [5.74, 6) is 1.60. The molecular weight excluding hydrogens is 206 g/mol. The minimum atomic E-state index is 0.788. The molecule has 90 valence electrons. The van der Waals surface area contributed by atoms with Gasteiger partial charge in [-0.1, -0.05) is 35.9 Å². The van der Waals surface area contributed by atoms with E-state index in [1.165, 1.54) is 25.7 Å². The molecule has 2 aliphatic carbocycles. The molecule has 0 heterocycles. The molecule has 0 radical (unpaired) electrons. The van der Waals surface area contributed by atoms with Crippen LogP contribution in [0.2, 0.25) is 0 Å². The topological polar surface area (TPSA) is 26.0 Å². The summed E-state index contributed by atoms with van der Waals surface area (Å²) in [7, 11) is 0. The van der Waals surface area contributed by atoms with Crippen molar-refractivity contribution in [2.75, 3.05) is 6.54 Å². The first-order chi connectivity index (χ1) is 8.38. The van der Waals surface area contributed by atoms with Crippen LogP contribution in [0.15, 0.2) is 35.9 Å². The van der Waals surface area contributed by atoms with Crippen LogP contribution in [-0.2, 0) is 12.8 Å². The maximum absolute atomic E-state index is 5.64. The standard InChI is InChI=1S/C16H21N/c17-9-3-6-16-14-7-8-15(16)11-13-5-2-1-4-12(13)10-14/h1-2,4-6,14-15H,3,7-11,17H2. The molecule has 2 atom stereocenters. The number of hydrogen-bond donors (Lipinski definition) is 1. The van der Waals surface area contributed by atoms with Gasteiger partial charge in [0, 0.05) is 0 Å². The third-order valence-electron chi connectivity index (χ3n) is 4.40. The summed E-state index contributed by atoms with van der Waals surface area (Å²) in [5, 5.41) is 0. The zero-order valence-corrected chi connectivity index (χ0v) is 10.4. The molecule has 2 aliphatic rings. The Morgan fingerprint density at radius 3 is 2.18 bits per heavy atom. The summed E-state index contributed by atoms with van der Waals surface area (Å²) < 4.78 is 0. The van der Waals surface area contributed by atoms with Crippen LogP contribution in [0.1, 0.15) is 30.4 Å². The minimum absolute atomic E-state index is 0.788. The lowest BCUT2D eigenvalue weighted by atomic mass is 9.93. The van der Waals surface area contributed by atoms with Crippen molar-refractivity contribution in [3.63, 3.8) is 0 Å². The number of allylic oxidation sites excluding steroid dienone is 1. The zero-order valence-electron chi connectivity index (χ0n) is 10.4. The number of hydrogen-bond acceptors (Lipinski definition) is 1. The fraction of sp³-hybridized carbons (Fsp3) is 0.500. The minimum Gasteiger partial charge on any atom is -0.330 e. The number of nitrogens with two attached hydrogens (primary N) is 1. The number of rotatable bonds is 2. The van der Waals surface area contributed by atoms with E-state index in [4.69, 9.17) is 5.73 Å². The molecule has 2 N–H and O–H groups in total. The highest BCUT2D eigenvalue weighted by molar-refractivity contribution is 5.35. The Labute approximate surface area is 104 Å². The smallest absolute Gasteiger partial charge is 0.00425 e. The van der Waals surface area contributed by atoms with Gasteiger partial charge in [-0.3, -0.25) is 0 Å². The molecule has 1 aromatic rings. The van der Waals surface area contributed by atoms with E-state index in [0.29, 0.717) is 0 Å². The molecule has 0 spiro atoms. The third kappa shape index (κ3) is 2.04. The third-order valence-corrected chi connectivity index (χ3v) is 4.40. The SMILES string of the molecule is NCCC=C1C2CCC1Cc1ccccc1C2. The maximum Gasteiger partial charge on any atom is -0.00425 e. The summed E-state index contributed by atoms with van der Waals surface area (Å²) in [6.07, 6.45) is 8.77. The molecule has 3 rings (SSSR count). The zero-order chi connectivity index (χ0) is 11.7. The largest absolute Gasteiger partial charge is 0.330 e. The average Bonchev–Trinajstić information content (AvgIpc) is 2.62. The fourth-order valence-electron chi connectivity index (χ4n) is 3.58. The van der Waals surface area contributed by atoms with E-state index in [0.717, 1.165) is 24.8 Å². The van der Waals surface area contributed by atoms with E-state index in [1.807, 2.05) is 0 Å². The Bertz CT molecular complexity index is 398. The molecule has 1 heteroatoms. The Morgan fingerprint density at radius 1 is 1.06 bits per heavy atom. The molecule has 0 aliphatic heterocycles. The van der Waals surface area contributed by atoms with Gasteiger partial charge in [-0.25, -0.2) is 0 Å². The lowest BCUT2D eigenvalue weighted by molar-refractivity contribution is 0.593. The highest BCUT2D eigenvalue weighted by Crippen LogP contribution is 2.43. The predicted octanol–water partition coefficient (Wildman–Crippen LogP) is 3.09. The highest BCUT2D eigenvalue weighted by Gasteiger charge is 2.33. The van der Waals surface area contributed by atoms with Gasteiger partial charge in [-0.2, -0.15) is 0 Å². The van der Waals surface area contributed by atoms with Crippen molar-refractivity contribution in [1.29, 1.82) is 0 Å². The molecule has 1 aromatic carbocycles. The molecule has 0 saturated heterocycles. The first-order valence-corrected chi connectivity index (χ1v) is 6.85. The van der Waals surface area contributed by atoms with Crippen molar-refractivity contribution in [3.05, 3.63) is 47.0 Å². The molecule has 2 unspecified atom stereocenters. The molecular formula is C16H21N. The Morgan fingerprint density at radius 2 is 1.65 bits per heavy atom. The molecule has 2 bridgehead atoms. The van der Waals surface area contributed by atoms with Gasteiger partial charge >= 0.3 is 0 Å². The summed E-state index contributed by atoms with van der Waals surface area (Å²) in [5.41, 5.74) is 10.5. The van der Waals surface area contributed by atoms with E-state index in [-0.39, 0.29) is 0 Å². The monoisotopic (exact) mass is 227 g/mol. The second-order valence-corrected chi connectivity index (χ2v) is 5.43. The van der Waals surface area contributed by atoms with Crippen LogP contribution in [0.3, 0.4) is 0 Å². The lowest BCUT2D eigenvalue weighted by Crippen LogP contribution is -2.04. The van der Waals surface area contributed by atoms with Crippen LogP contribution in [-0.4, -0.2) is 6.54 Å². The average molecular weight is 227 g/mol. The molecule has 1 fully saturated rings. The van der Waals surface area contributed by atoms with E-state index < -0.39 is 0 Å². The predicted molar refractivity (Wildman–Crippen MR) is 71.8 cm³/mol. The van der Waals surface area contributed by atoms with Gasteiger partial charge in [0.15, 0.2) is 0 Å². The van der Waals surface area contributed by atoms with Gasteiger partial charge in [0.25, 0.3) is 0 Å². The molecule has 0 aromatic heterocycles. The van der Waals surface area contributed by atoms with Crippen LogP contribution >= 0.6 is 0 Å². The van der Waals surface area contributed by atoms with Gasteiger partial charge in [-0.05, 0) is 61.6 Å². The first kappa shape index (κ1) is 11.0. The summed E-state index contributed by atoms with van der Waals surface area (Å²) in [6.45, 7) is 0.788. The Kier molecular flexibility index (Phi) is 3.02. The second kappa shape index (κ2) is 4.66. The second-order valence-electron chi connectivity index (χ2n) is 5.43. The summed E-state index contributed by atoms with van der Waals surface area (Å²) in [4.78, 5) is 0. The molecule has 17 heavy (non-hydrogen) atoms. The van der Waals surface area contributed by atoms with Gasteiger partial charge in [-0.15, -0.1) is 0 Å². The van der Waals surface area contributed by atoms with Crippen molar-refractivity contribution in [3.8, 4) is 0 Å². The van der Waals surface area contributed by atoms with E-state index in [2.05, 4.69) is 30.3 Å². The van der Waals surface area contributed by atoms with E-state index in [9.17, 15) is 0 Å². The fourth-order valence-corrected chi connectivity index (χ4v) is 3.58. The van der Waals surface area contributed by atoms with Crippen LogP contribution in [0.5, 0.6) is 0 Å². The summed E-state index contributed by atoms with van der Waals surface area (Å²) in [6, 6.07) is 9.00. The van der Waals surface area contributed by atoms with Crippen LogP contribution in [0, 0.1) is 11.8 Å². The number of fused-ring (bicyclic) bond motifs is 3. The lowest BCUT2D eigenvalue weighted by Gasteiger charge is -2.12. The molecule has 1 nitrogen and oxygen atoms in total. The van der Waals surface area contributed by atoms with E-state index in [1.54, 1.807) is 16.7 Å². The molecule has 1 saturated carbocycles. The van der Waals surface area contributed by atoms with Crippen molar-refractivity contribution >= 4 is 0 Å². The van der Waals surface area contributed by atoms with Crippen molar-refractivity contribution < 1.29 is 0 Å². The van der Waals surface area contributed by atoms with Gasteiger partial charge in [0.1, 0.15) is 0 Å². The first-order valence-electron chi connectivity index (χ1n) is 6.85. The highest BCUT2D eigenvalue weighted by atomic mass is 14.5.